The molecule has 108 valence electrons. The first-order valence-electron chi connectivity index (χ1n) is 6.03. The predicted octanol–water partition coefficient (Wildman–Crippen LogP) is 1.26. The maximum atomic E-state index is 12.2. The van der Waals surface area contributed by atoms with Gasteiger partial charge in [0.1, 0.15) is 23.0 Å². The lowest BCUT2D eigenvalue weighted by Crippen LogP contribution is -2.23. The highest BCUT2D eigenvalue weighted by Crippen LogP contribution is 2.20. The maximum absolute atomic E-state index is 12.2. The first-order chi connectivity index (χ1) is 9.44. The lowest BCUT2D eigenvalue weighted by Gasteiger charge is -2.07. The lowest BCUT2D eigenvalue weighted by atomic mass is 10.2. The number of sulfonamides is 1. The van der Waals surface area contributed by atoms with Gasteiger partial charge in [-0.3, -0.25) is 4.98 Å². The number of nitrogens with one attached hydrogen (secondary N) is 1. The minimum Gasteiger partial charge on any atom is -0.462 e. The summed E-state index contributed by atoms with van der Waals surface area (Å²) in [6.07, 6.45) is 3.29. The van der Waals surface area contributed by atoms with Crippen LogP contribution in [0.25, 0.3) is 0 Å². The maximum Gasteiger partial charge on any atom is 0.244 e. The second-order valence-electron chi connectivity index (χ2n) is 4.42. The molecule has 0 unspecified atom stereocenters. The van der Waals surface area contributed by atoms with Crippen LogP contribution < -0.4 is 4.72 Å². The van der Waals surface area contributed by atoms with E-state index in [0.29, 0.717) is 0 Å². The molecular weight excluding hydrogens is 280 g/mol. The third kappa shape index (κ3) is 3.06. The van der Waals surface area contributed by atoms with Crippen molar-refractivity contribution < 1.29 is 17.9 Å². The molecule has 20 heavy (non-hydrogen) atoms. The fraction of sp³-hybridized carbons (Fsp3) is 0.308. The van der Waals surface area contributed by atoms with Crippen LogP contribution in [0.5, 0.6) is 0 Å². The normalized spacial score (nSPS) is 11.8. The van der Waals surface area contributed by atoms with Gasteiger partial charge in [-0.1, -0.05) is 0 Å². The Balaban J connectivity index is 2.19. The molecule has 2 aromatic rings. The van der Waals surface area contributed by atoms with Crippen molar-refractivity contribution in [1.82, 2.24) is 9.71 Å². The average molecular weight is 296 g/mol. The molecule has 0 aliphatic rings. The third-order valence-electron chi connectivity index (χ3n) is 2.96. The number of aliphatic hydroxyl groups excluding tert-OH is 1. The highest BCUT2D eigenvalue weighted by molar-refractivity contribution is 7.89. The van der Waals surface area contributed by atoms with Crippen LogP contribution in [0.1, 0.15) is 22.6 Å². The molecule has 0 amide bonds. The van der Waals surface area contributed by atoms with Gasteiger partial charge in [0.25, 0.3) is 0 Å². The van der Waals surface area contributed by atoms with Crippen LogP contribution in [0.3, 0.4) is 0 Å². The summed E-state index contributed by atoms with van der Waals surface area (Å²) in [5, 5.41) is 8.97. The smallest absolute Gasteiger partial charge is 0.244 e. The summed E-state index contributed by atoms with van der Waals surface area (Å²) in [6, 6.07) is 3.09. The van der Waals surface area contributed by atoms with Gasteiger partial charge < -0.3 is 9.52 Å². The first kappa shape index (κ1) is 14.7. The summed E-state index contributed by atoms with van der Waals surface area (Å²) in [5.41, 5.74) is 1.77. The quantitative estimate of drug-likeness (QED) is 0.866. The van der Waals surface area contributed by atoms with Crippen molar-refractivity contribution >= 4 is 10.0 Å². The third-order valence-corrected chi connectivity index (χ3v) is 4.47. The Hall–Kier alpha value is -1.70. The Bertz CT molecular complexity index is 707. The molecule has 2 heterocycles. The number of nitrogens with zero attached hydrogens (tertiary/aromatic N) is 1. The fourth-order valence-corrected chi connectivity index (χ4v) is 3.03. The Morgan fingerprint density at radius 1 is 1.40 bits per heavy atom. The summed E-state index contributed by atoms with van der Waals surface area (Å²) >= 11 is 0. The molecule has 2 aromatic heterocycles. The summed E-state index contributed by atoms with van der Waals surface area (Å²) in [6.45, 7) is 3.25. The number of aliphatic hydroxyl groups is 1. The highest BCUT2D eigenvalue weighted by atomic mass is 32.2. The van der Waals surface area contributed by atoms with Crippen LogP contribution >= 0.6 is 0 Å². The number of aromatic nitrogens is 1. The Labute approximate surface area is 117 Å². The zero-order valence-corrected chi connectivity index (χ0v) is 12.1. The number of pyridine rings is 1. The van der Waals surface area contributed by atoms with Crippen molar-refractivity contribution in [1.29, 1.82) is 0 Å². The Kier molecular flexibility index (Phi) is 4.22. The van der Waals surface area contributed by atoms with Crippen molar-refractivity contribution in [3.8, 4) is 0 Å². The van der Waals surface area contributed by atoms with Gasteiger partial charge in [-0.2, -0.15) is 0 Å². The molecule has 0 saturated carbocycles. The molecule has 2 N–H and O–H groups in total. The van der Waals surface area contributed by atoms with Crippen LogP contribution in [-0.2, 0) is 23.2 Å². The minimum absolute atomic E-state index is 0.0493. The van der Waals surface area contributed by atoms with E-state index in [0.717, 1.165) is 11.1 Å². The van der Waals surface area contributed by atoms with Gasteiger partial charge in [-0.15, -0.1) is 0 Å². The van der Waals surface area contributed by atoms with E-state index in [1.165, 1.54) is 6.07 Å². The summed E-state index contributed by atoms with van der Waals surface area (Å²) in [4.78, 5) is 4.01. The molecule has 7 heteroatoms. The van der Waals surface area contributed by atoms with E-state index >= 15 is 0 Å². The molecule has 0 aliphatic heterocycles. The van der Waals surface area contributed by atoms with Crippen LogP contribution in [0, 0.1) is 13.8 Å². The van der Waals surface area contributed by atoms with Gasteiger partial charge in [0.2, 0.25) is 10.0 Å². The van der Waals surface area contributed by atoms with Crippen molar-refractivity contribution in [3.63, 3.8) is 0 Å². The van der Waals surface area contributed by atoms with Gasteiger partial charge in [0.15, 0.2) is 0 Å². The van der Waals surface area contributed by atoms with Crippen LogP contribution in [0.4, 0.5) is 0 Å². The number of rotatable bonds is 5. The molecule has 0 bridgehead atoms. The molecule has 0 aliphatic carbocycles. The van der Waals surface area contributed by atoms with Crippen molar-refractivity contribution in [3.05, 3.63) is 47.2 Å². The molecule has 0 spiro atoms. The molecule has 0 aromatic carbocycles. The van der Waals surface area contributed by atoms with Gasteiger partial charge in [-0.05, 0) is 31.0 Å². The molecule has 0 saturated heterocycles. The first-order valence-corrected chi connectivity index (χ1v) is 7.51. The largest absolute Gasteiger partial charge is 0.462 e. The zero-order chi connectivity index (χ0) is 14.8. The fourth-order valence-electron chi connectivity index (χ4n) is 1.82. The van der Waals surface area contributed by atoms with Gasteiger partial charge >= 0.3 is 0 Å². The average Bonchev–Trinajstić information content (AvgIpc) is 2.80. The van der Waals surface area contributed by atoms with Crippen LogP contribution in [-0.4, -0.2) is 18.5 Å². The summed E-state index contributed by atoms with van der Waals surface area (Å²) in [5.74, 6) is 0.482. The summed E-state index contributed by atoms with van der Waals surface area (Å²) in [7, 11) is -3.67. The van der Waals surface area contributed by atoms with Crippen molar-refractivity contribution in [2.75, 3.05) is 0 Å². The predicted molar refractivity (Wildman–Crippen MR) is 72.4 cm³/mol. The molecule has 2 rings (SSSR count). The van der Waals surface area contributed by atoms with E-state index in [4.69, 9.17) is 9.52 Å². The molecule has 0 radical (unpaired) electrons. The zero-order valence-electron chi connectivity index (χ0n) is 11.3. The topological polar surface area (TPSA) is 92.4 Å². The van der Waals surface area contributed by atoms with Gasteiger partial charge in [-0.25, -0.2) is 13.1 Å². The monoisotopic (exact) mass is 296 g/mol. The minimum atomic E-state index is -3.67. The second kappa shape index (κ2) is 5.74. The van der Waals surface area contributed by atoms with E-state index in [1.54, 1.807) is 25.4 Å². The Morgan fingerprint density at radius 2 is 2.15 bits per heavy atom. The number of aryl methyl sites for hydroxylation is 2. The number of hydrogen-bond donors (Lipinski definition) is 2. The second-order valence-corrected chi connectivity index (χ2v) is 6.15. The van der Waals surface area contributed by atoms with E-state index in [9.17, 15) is 8.42 Å². The number of furan rings is 1. The van der Waals surface area contributed by atoms with E-state index < -0.39 is 10.0 Å². The van der Waals surface area contributed by atoms with Crippen LogP contribution in [0.2, 0.25) is 0 Å². The molecule has 0 fully saturated rings. The molecule has 0 atom stereocenters. The van der Waals surface area contributed by atoms with E-state index in [1.807, 2.05) is 6.92 Å². The standard InChI is InChI=1S/C13H16N2O4S/c1-9-6-14-4-3-11(9)7-15-20(17,18)13-5-12(8-16)19-10(13)2/h3-6,15-16H,7-8H2,1-2H3. The Morgan fingerprint density at radius 3 is 2.75 bits per heavy atom. The van der Waals surface area contributed by atoms with Crippen molar-refractivity contribution in [2.45, 2.75) is 31.9 Å². The van der Waals surface area contributed by atoms with Gasteiger partial charge in [0, 0.05) is 25.0 Å². The number of hydrogen-bond acceptors (Lipinski definition) is 5. The SMILES string of the molecule is Cc1cnccc1CNS(=O)(=O)c1cc(CO)oc1C. The van der Waals surface area contributed by atoms with Crippen LogP contribution in [0.15, 0.2) is 33.8 Å². The summed E-state index contributed by atoms with van der Waals surface area (Å²) < 4.78 is 32.1. The van der Waals surface area contributed by atoms with E-state index in [2.05, 4.69) is 9.71 Å². The molecular formula is C13H16N2O4S. The van der Waals surface area contributed by atoms with Crippen molar-refractivity contribution in [2.24, 2.45) is 0 Å². The van der Waals surface area contributed by atoms with E-state index in [-0.39, 0.29) is 29.6 Å². The highest BCUT2D eigenvalue weighted by Gasteiger charge is 2.21. The molecule has 6 nitrogen and oxygen atoms in total. The van der Waals surface area contributed by atoms with Gasteiger partial charge in [0.05, 0.1) is 0 Å². The lowest BCUT2D eigenvalue weighted by molar-refractivity contribution is 0.244.